The van der Waals surface area contributed by atoms with Crippen LogP contribution in [0.15, 0.2) is 97.3 Å². The van der Waals surface area contributed by atoms with Crippen molar-refractivity contribution in [3.05, 3.63) is 120 Å². The van der Waals surface area contributed by atoms with E-state index in [1.54, 1.807) is 24.5 Å². The van der Waals surface area contributed by atoms with Gasteiger partial charge in [0.1, 0.15) is 12.0 Å². The molecule has 2 aromatic carbocycles. The number of carbonyl (C=O) groups is 1. The van der Waals surface area contributed by atoms with Crippen LogP contribution in [0, 0.1) is 0 Å². The van der Waals surface area contributed by atoms with Crippen LogP contribution >= 0.6 is 7.60 Å². The van der Waals surface area contributed by atoms with E-state index in [1.807, 2.05) is 72.8 Å². The molecule has 11 heteroatoms. The number of halogens is 3. The number of nitrogens with one attached hydrogen (secondary N) is 1. The number of nitrogens with zero attached hydrogens (tertiary/aromatic N) is 2. The summed E-state index contributed by atoms with van der Waals surface area (Å²) in [6.07, 6.45) is 1.79. The van der Waals surface area contributed by atoms with E-state index in [2.05, 4.69) is 15.3 Å². The van der Waals surface area contributed by atoms with E-state index in [0.717, 1.165) is 22.5 Å². The SMILES string of the molecule is O=C(NCC(F)(F)F)C1(CCCCCP(=O)(OCCc2ccccn2)OCCc2ccccn2)c2ccccc2-c2ccccc21. The maximum Gasteiger partial charge on any atom is 0.405 e. The van der Waals surface area contributed by atoms with Gasteiger partial charge in [0.05, 0.1) is 19.4 Å². The van der Waals surface area contributed by atoms with Gasteiger partial charge < -0.3 is 14.4 Å². The van der Waals surface area contributed by atoms with Gasteiger partial charge in [-0.2, -0.15) is 13.2 Å². The molecule has 0 fully saturated rings. The van der Waals surface area contributed by atoms with E-state index in [0.29, 0.717) is 43.2 Å². The molecule has 0 aliphatic heterocycles. The molecule has 2 heterocycles. The summed E-state index contributed by atoms with van der Waals surface area (Å²) in [7, 11) is -3.49. The van der Waals surface area contributed by atoms with Crippen LogP contribution in [0.2, 0.25) is 0 Å². The number of aromatic nitrogens is 2. The smallest absolute Gasteiger partial charge is 0.346 e. The van der Waals surface area contributed by atoms with Crippen molar-refractivity contribution in [3.8, 4) is 11.1 Å². The first-order valence-corrected chi connectivity index (χ1v) is 17.2. The topological polar surface area (TPSA) is 90.4 Å². The number of hydrogen-bond donors (Lipinski definition) is 1. The number of rotatable bonds is 16. The first-order valence-electron chi connectivity index (χ1n) is 15.4. The largest absolute Gasteiger partial charge is 0.405 e. The molecule has 0 unspecified atom stereocenters. The lowest BCUT2D eigenvalue weighted by molar-refractivity contribution is -0.141. The Bertz CT molecular complexity index is 1540. The van der Waals surface area contributed by atoms with Gasteiger partial charge in [0.15, 0.2) is 0 Å². The number of amides is 1. The van der Waals surface area contributed by atoms with Crippen LogP contribution < -0.4 is 5.32 Å². The Kier molecular flexibility index (Phi) is 11.0. The van der Waals surface area contributed by atoms with E-state index in [9.17, 15) is 22.5 Å². The van der Waals surface area contributed by atoms with Crippen molar-refractivity contribution in [1.82, 2.24) is 15.3 Å². The quantitative estimate of drug-likeness (QED) is 0.0987. The lowest BCUT2D eigenvalue weighted by Crippen LogP contribution is -2.47. The van der Waals surface area contributed by atoms with E-state index < -0.39 is 31.6 Å². The average Bonchev–Trinajstić information content (AvgIpc) is 3.35. The van der Waals surface area contributed by atoms with Crippen LogP contribution in [0.4, 0.5) is 13.2 Å². The first-order chi connectivity index (χ1) is 22.2. The number of unbranched alkanes of at least 4 members (excludes halogenated alkanes) is 2. The molecule has 0 saturated carbocycles. The summed E-state index contributed by atoms with van der Waals surface area (Å²) in [5.74, 6) is -0.677. The maximum absolute atomic E-state index is 13.8. The standard InChI is InChI=1S/C35H37F3N3O4P/c36-35(37,38)26-41-33(42)34(31-16-4-2-14-29(31)30-15-3-5-17-32(30)34)20-8-1-11-25-46(43,44-23-18-27-12-6-9-21-39-27)45-24-19-28-13-7-10-22-40-28/h2-7,9-10,12-17,21-22H,1,8,11,18-20,23-26H2,(H,41,42). The molecular formula is C35H37F3N3O4P. The second-order valence-electron chi connectivity index (χ2n) is 11.2. The Morgan fingerprint density at radius 1 is 0.739 bits per heavy atom. The van der Waals surface area contributed by atoms with Crippen molar-refractivity contribution in [2.24, 2.45) is 0 Å². The minimum absolute atomic E-state index is 0.165. The molecule has 0 spiro atoms. The zero-order chi connectivity index (χ0) is 32.5. The highest BCUT2D eigenvalue weighted by Crippen LogP contribution is 2.52. The molecule has 1 N–H and O–H groups in total. The molecular weight excluding hydrogens is 614 g/mol. The van der Waals surface area contributed by atoms with E-state index in [-0.39, 0.29) is 25.8 Å². The van der Waals surface area contributed by atoms with Crippen LogP contribution in [0.3, 0.4) is 0 Å². The molecule has 7 nitrogen and oxygen atoms in total. The molecule has 242 valence electrons. The van der Waals surface area contributed by atoms with Gasteiger partial charge in [-0.1, -0.05) is 73.5 Å². The van der Waals surface area contributed by atoms with Crippen molar-refractivity contribution in [1.29, 1.82) is 0 Å². The maximum atomic E-state index is 13.8. The van der Waals surface area contributed by atoms with Gasteiger partial charge in [-0.05, 0) is 59.4 Å². The van der Waals surface area contributed by atoms with Crippen molar-refractivity contribution in [2.45, 2.75) is 50.1 Å². The molecule has 0 saturated heterocycles. The molecule has 1 aliphatic rings. The highest BCUT2D eigenvalue weighted by Gasteiger charge is 2.49. The van der Waals surface area contributed by atoms with Gasteiger partial charge in [0.25, 0.3) is 0 Å². The number of alkyl halides is 3. The highest BCUT2D eigenvalue weighted by molar-refractivity contribution is 7.53. The van der Waals surface area contributed by atoms with Gasteiger partial charge in [-0.3, -0.25) is 19.3 Å². The van der Waals surface area contributed by atoms with Gasteiger partial charge >= 0.3 is 13.8 Å². The molecule has 2 aromatic heterocycles. The number of hydrogen-bond acceptors (Lipinski definition) is 6. The lowest BCUT2D eigenvalue weighted by Gasteiger charge is -2.31. The zero-order valence-electron chi connectivity index (χ0n) is 25.4. The van der Waals surface area contributed by atoms with Gasteiger partial charge in [0, 0.05) is 36.6 Å². The average molecular weight is 652 g/mol. The molecule has 5 rings (SSSR count). The van der Waals surface area contributed by atoms with Crippen molar-refractivity contribution in [3.63, 3.8) is 0 Å². The van der Waals surface area contributed by atoms with E-state index in [1.165, 1.54) is 0 Å². The predicted octanol–water partition coefficient (Wildman–Crippen LogP) is 7.69. The van der Waals surface area contributed by atoms with Gasteiger partial charge in [-0.25, -0.2) is 0 Å². The second-order valence-corrected chi connectivity index (χ2v) is 13.4. The molecule has 0 bridgehead atoms. The molecule has 0 atom stereocenters. The fraction of sp³-hybridized carbons (Fsp3) is 0.343. The molecule has 4 aromatic rings. The second kappa shape index (κ2) is 15.2. The Morgan fingerprint density at radius 2 is 1.26 bits per heavy atom. The summed E-state index contributed by atoms with van der Waals surface area (Å²) in [5, 5.41) is 2.17. The summed E-state index contributed by atoms with van der Waals surface area (Å²) in [5.41, 5.74) is 3.41. The van der Waals surface area contributed by atoms with Crippen LogP contribution in [0.1, 0.15) is 48.2 Å². The number of benzene rings is 2. The third kappa shape index (κ3) is 8.29. The van der Waals surface area contributed by atoms with Crippen molar-refractivity contribution < 1.29 is 31.6 Å². The lowest BCUT2D eigenvalue weighted by atomic mass is 9.73. The number of fused-ring (bicyclic) bond motifs is 3. The molecule has 0 radical (unpaired) electrons. The third-order valence-electron chi connectivity index (χ3n) is 8.13. The monoisotopic (exact) mass is 651 g/mol. The van der Waals surface area contributed by atoms with Crippen molar-refractivity contribution >= 4 is 13.5 Å². The number of pyridine rings is 2. The van der Waals surface area contributed by atoms with E-state index >= 15 is 0 Å². The van der Waals surface area contributed by atoms with Crippen LogP contribution in [0.5, 0.6) is 0 Å². The highest BCUT2D eigenvalue weighted by atomic mass is 31.2. The Morgan fingerprint density at radius 3 is 1.76 bits per heavy atom. The van der Waals surface area contributed by atoms with Gasteiger partial charge in [-0.15, -0.1) is 0 Å². The number of carbonyl (C=O) groups excluding carboxylic acids is 1. The Hall–Kier alpha value is -3.85. The summed E-state index contributed by atoms with van der Waals surface area (Å²) < 4.78 is 65.1. The third-order valence-corrected chi connectivity index (χ3v) is 10.1. The Balaban J connectivity index is 1.26. The molecule has 46 heavy (non-hydrogen) atoms. The minimum atomic E-state index is -4.54. The van der Waals surface area contributed by atoms with Crippen LogP contribution in [0.25, 0.3) is 11.1 Å². The Labute approximate surface area is 267 Å². The summed E-state index contributed by atoms with van der Waals surface area (Å²) in [4.78, 5) is 22.3. The summed E-state index contributed by atoms with van der Waals surface area (Å²) >= 11 is 0. The summed E-state index contributed by atoms with van der Waals surface area (Å²) in [6, 6.07) is 25.9. The first kappa shape index (κ1) is 33.5. The predicted molar refractivity (Wildman–Crippen MR) is 170 cm³/mol. The molecule has 1 aliphatic carbocycles. The summed E-state index contributed by atoms with van der Waals surface area (Å²) in [6.45, 7) is -1.06. The normalized spacial score (nSPS) is 13.6. The van der Waals surface area contributed by atoms with Crippen molar-refractivity contribution in [2.75, 3.05) is 25.9 Å². The fourth-order valence-electron chi connectivity index (χ4n) is 5.99. The minimum Gasteiger partial charge on any atom is -0.346 e. The van der Waals surface area contributed by atoms with E-state index in [4.69, 9.17) is 9.05 Å². The fourth-order valence-corrected chi connectivity index (χ4v) is 7.68. The van der Waals surface area contributed by atoms with Gasteiger partial charge in [0.2, 0.25) is 5.91 Å². The van der Waals surface area contributed by atoms with Crippen LogP contribution in [-0.4, -0.2) is 48.0 Å². The van der Waals surface area contributed by atoms with Crippen LogP contribution in [-0.2, 0) is 36.7 Å². The zero-order valence-corrected chi connectivity index (χ0v) is 26.3. The molecule has 1 amide bonds.